The first-order valence-electron chi connectivity index (χ1n) is 8.65. The van der Waals surface area contributed by atoms with E-state index in [1.807, 2.05) is 0 Å². The minimum absolute atomic E-state index is 0.0151. The van der Waals surface area contributed by atoms with E-state index in [0.717, 1.165) is 0 Å². The maximum Gasteiger partial charge on any atom is 0.410 e. The molecule has 0 aromatic heterocycles. The number of aldehydes is 1. The van der Waals surface area contributed by atoms with Crippen molar-refractivity contribution in [3.8, 4) is 0 Å². The highest BCUT2D eigenvalue weighted by molar-refractivity contribution is 5.72. The van der Waals surface area contributed by atoms with E-state index in [1.54, 1.807) is 55.8 Å². The van der Waals surface area contributed by atoms with Crippen molar-refractivity contribution in [3.05, 3.63) is 0 Å². The Labute approximate surface area is 156 Å². The third-order valence-electron chi connectivity index (χ3n) is 3.17. The zero-order valence-corrected chi connectivity index (χ0v) is 17.3. The van der Waals surface area contributed by atoms with Crippen LogP contribution in [0.2, 0.25) is 0 Å². The van der Waals surface area contributed by atoms with Crippen molar-refractivity contribution < 1.29 is 28.6 Å². The molecular weight excluding hydrogens is 340 g/mol. The summed E-state index contributed by atoms with van der Waals surface area (Å²) in [7, 11) is 3.25. The van der Waals surface area contributed by atoms with Gasteiger partial charge in [-0.05, 0) is 54.4 Å². The molecular formula is C18H34N2O6. The van der Waals surface area contributed by atoms with Crippen LogP contribution in [0.5, 0.6) is 0 Å². The van der Waals surface area contributed by atoms with Gasteiger partial charge in [-0.2, -0.15) is 0 Å². The van der Waals surface area contributed by atoms with Gasteiger partial charge < -0.3 is 24.3 Å². The normalized spacial score (nSPS) is 19.2. The van der Waals surface area contributed by atoms with Gasteiger partial charge in [0.05, 0.1) is 6.54 Å². The molecule has 2 amide bonds. The first kappa shape index (κ1) is 24.2. The van der Waals surface area contributed by atoms with Crippen LogP contribution in [0.1, 0.15) is 54.4 Å². The maximum atomic E-state index is 12.1. The van der Waals surface area contributed by atoms with Gasteiger partial charge in [0.1, 0.15) is 17.5 Å². The van der Waals surface area contributed by atoms with Crippen molar-refractivity contribution in [1.82, 2.24) is 10.2 Å². The predicted octanol–water partition coefficient (Wildman–Crippen LogP) is 2.74. The first-order chi connectivity index (χ1) is 11.8. The number of nitrogens with zero attached hydrogens (tertiary/aromatic N) is 1. The Morgan fingerprint density at radius 2 is 1.50 bits per heavy atom. The molecule has 0 aromatic rings. The van der Waals surface area contributed by atoms with Crippen LogP contribution < -0.4 is 5.32 Å². The van der Waals surface area contributed by atoms with Crippen LogP contribution in [0.15, 0.2) is 0 Å². The van der Waals surface area contributed by atoms with Gasteiger partial charge in [0, 0.05) is 26.3 Å². The fraction of sp³-hybridized carbons (Fsp3) is 0.833. The lowest BCUT2D eigenvalue weighted by Gasteiger charge is -2.42. The number of nitrogens with one attached hydrogen (secondary N) is 1. The van der Waals surface area contributed by atoms with E-state index in [4.69, 9.17) is 9.47 Å². The second kappa shape index (κ2) is 10.4. The van der Waals surface area contributed by atoms with E-state index in [-0.39, 0.29) is 18.6 Å². The summed E-state index contributed by atoms with van der Waals surface area (Å²) >= 11 is 0. The number of carbonyl (C=O) groups is 3. The lowest BCUT2D eigenvalue weighted by atomic mass is 9.85. The summed E-state index contributed by atoms with van der Waals surface area (Å²) in [5.41, 5.74) is -1.16. The molecule has 152 valence electrons. The Morgan fingerprint density at radius 3 is 1.88 bits per heavy atom. The van der Waals surface area contributed by atoms with Gasteiger partial charge >= 0.3 is 12.2 Å². The second-order valence-electron chi connectivity index (χ2n) is 8.18. The zero-order valence-electron chi connectivity index (χ0n) is 17.3. The molecule has 0 unspecified atom stereocenters. The predicted molar refractivity (Wildman–Crippen MR) is 98.1 cm³/mol. The van der Waals surface area contributed by atoms with Crippen LogP contribution in [0, 0.1) is 0 Å². The highest BCUT2D eigenvalue weighted by atomic mass is 16.6. The van der Waals surface area contributed by atoms with Crippen molar-refractivity contribution in [1.29, 1.82) is 0 Å². The van der Waals surface area contributed by atoms with E-state index in [1.165, 1.54) is 4.90 Å². The number of hydrogen-bond acceptors (Lipinski definition) is 6. The summed E-state index contributed by atoms with van der Waals surface area (Å²) in [5, 5.41) is 2.76. The molecule has 1 rings (SSSR count). The summed E-state index contributed by atoms with van der Waals surface area (Å²) in [6.07, 6.45) is 0.850. The molecule has 0 bridgehead atoms. The summed E-state index contributed by atoms with van der Waals surface area (Å²) in [4.78, 5) is 36.0. The van der Waals surface area contributed by atoms with E-state index >= 15 is 0 Å². The summed E-state index contributed by atoms with van der Waals surface area (Å²) in [6, 6.07) is -0.179. The molecule has 0 radical (unpaired) electrons. The largest absolute Gasteiger partial charge is 0.444 e. The molecule has 8 heteroatoms. The van der Waals surface area contributed by atoms with Crippen molar-refractivity contribution in [2.45, 2.75) is 77.7 Å². The maximum absolute atomic E-state index is 12.1. The molecule has 1 fully saturated rings. The molecule has 0 aromatic carbocycles. The molecule has 8 nitrogen and oxygen atoms in total. The molecule has 0 aliphatic heterocycles. The third kappa shape index (κ3) is 10.2. The number of carbonyl (C=O) groups excluding carboxylic acids is 3. The van der Waals surface area contributed by atoms with E-state index < -0.39 is 23.4 Å². The molecule has 0 spiro atoms. The number of alkyl carbamates (subject to hydrolysis) is 1. The van der Waals surface area contributed by atoms with Crippen LogP contribution in [-0.2, 0) is 19.0 Å². The fourth-order valence-corrected chi connectivity index (χ4v) is 2.21. The van der Waals surface area contributed by atoms with Crippen LogP contribution in [0.3, 0.4) is 0 Å². The summed E-state index contributed by atoms with van der Waals surface area (Å²) in [6.45, 7) is 10.7. The van der Waals surface area contributed by atoms with Gasteiger partial charge in [0.25, 0.3) is 0 Å². The Bertz CT molecular complexity index is 461. The van der Waals surface area contributed by atoms with Gasteiger partial charge in [-0.25, -0.2) is 9.59 Å². The standard InChI is InChI=1S/C16H28N2O5.C2H6O/c1-15(2,3)22-13(20)17-11-9-12(10-11)18(7-8-19)14(21)23-16(4,5)6;1-3-2/h8,11-12H,7,9-10H2,1-6H3,(H,17,20);1-2H3. The van der Waals surface area contributed by atoms with E-state index in [0.29, 0.717) is 19.1 Å². The first-order valence-corrected chi connectivity index (χ1v) is 8.65. The number of amides is 2. The third-order valence-corrected chi connectivity index (χ3v) is 3.17. The zero-order chi connectivity index (χ0) is 20.5. The monoisotopic (exact) mass is 374 g/mol. The van der Waals surface area contributed by atoms with Crippen LogP contribution in [0.25, 0.3) is 0 Å². The highest BCUT2D eigenvalue weighted by Gasteiger charge is 2.38. The van der Waals surface area contributed by atoms with E-state index in [9.17, 15) is 14.4 Å². The minimum atomic E-state index is -0.615. The van der Waals surface area contributed by atoms with Crippen LogP contribution in [0.4, 0.5) is 9.59 Å². The van der Waals surface area contributed by atoms with E-state index in [2.05, 4.69) is 10.1 Å². The average Bonchev–Trinajstić information content (AvgIpc) is 2.37. The number of rotatable bonds is 4. The molecule has 1 aliphatic carbocycles. The molecule has 1 aliphatic rings. The topological polar surface area (TPSA) is 94.2 Å². The number of hydrogen-bond donors (Lipinski definition) is 1. The molecule has 26 heavy (non-hydrogen) atoms. The Hall–Kier alpha value is -1.83. The Morgan fingerprint density at radius 1 is 1.04 bits per heavy atom. The van der Waals surface area contributed by atoms with Crippen molar-refractivity contribution in [2.75, 3.05) is 20.8 Å². The Balaban J connectivity index is 0.00000194. The van der Waals surface area contributed by atoms with Gasteiger partial charge in [-0.15, -0.1) is 0 Å². The average molecular weight is 374 g/mol. The molecule has 0 saturated heterocycles. The van der Waals surface area contributed by atoms with Gasteiger partial charge in [-0.1, -0.05) is 0 Å². The SMILES string of the molecule is CC(C)(C)OC(=O)NC1CC(N(CC=O)C(=O)OC(C)(C)C)C1.COC. The van der Waals surface area contributed by atoms with Crippen LogP contribution >= 0.6 is 0 Å². The number of methoxy groups -OCH3 is 1. The molecule has 0 atom stereocenters. The van der Waals surface area contributed by atoms with Crippen LogP contribution in [-0.4, -0.2) is 67.4 Å². The summed E-state index contributed by atoms with van der Waals surface area (Å²) in [5.74, 6) is 0. The molecule has 0 heterocycles. The van der Waals surface area contributed by atoms with Gasteiger partial charge in [-0.3, -0.25) is 4.90 Å². The molecule has 1 saturated carbocycles. The lowest BCUT2D eigenvalue weighted by molar-refractivity contribution is -0.110. The number of ether oxygens (including phenoxy) is 3. The molecule has 1 N–H and O–H groups in total. The van der Waals surface area contributed by atoms with Crippen molar-refractivity contribution in [2.24, 2.45) is 0 Å². The van der Waals surface area contributed by atoms with Crippen molar-refractivity contribution in [3.63, 3.8) is 0 Å². The van der Waals surface area contributed by atoms with Crippen molar-refractivity contribution >= 4 is 18.5 Å². The van der Waals surface area contributed by atoms with Gasteiger partial charge in [0.2, 0.25) is 0 Å². The minimum Gasteiger partial charge on any atom is -0.444 e. The second-order valence-corrected chi connectivity index (χ2v) is 8.18. The quantitative estimate of drug-likeness (QED) is 0.761. The fourth-order valence-electron chi connectivity index (χ4n) is 2.21. The Kier molecular flexibility index (Phi) is 9.62. The summed E-state index contributed by atoms with van der Waals surface area (Å²) < 4.78 is 14.7. The smallest absolute Gasteiger partial charge is 0.410 e. The highest BCUT2D eigenvalue weighted by Crippen LogP contribution is 2.27. The lowest BCUT2D eigenvalue weighted by Crippen LogP contribution is -2.57. The van der Waals surface area contributed by atoms with Gasteiger partial charge in [0.15, 0.2) is 0 Å².